The molecule has 3 atom stereocenters. The third-order valence-corrected chi connectivity index (χ3v) is 11.3. The minimum Gasteiger partial charge on any atom is -0.462 e. The van der Waals surface area contributed by atoms with E-state index in [0.717, 1.165) is 116 Å². The first-order valence-corrected chi connectivity index (χ1v) is 25.9. The molecular formula is C56H97NO5. The molecule has 0 aliphatic heterocycles. The fourth-order valence-corrected chi connectivity index (χ4v) is 7.40. The van der Waals surface area contributed by atoms with Crippen LogP contribution in [0.5, 0.6) is 0 Å². The molecular weight excluding hydrogens is 767 g/mol. The summed E-state index contributed by atoms with van der Waals surface area (Å²) in [5.41, 5.74) is 0. The number of esters is 1. The number of ether oxygens (including phenoxy) is 1. The van der Waals surface area contributed by atoms with Gasteiger partial charge in [-0.2, -0.15) is 0 Å². The van der Waals surface area contributed by atoms with Gasteiger partial charge < -0.3 is 20.3 Å². The van der Waals surface area contributed by atoms with Crippen molar-refractivity contribution in [1.29, 1.82) is 0 Å². The molecule has 0 rings (SSSR count). The number of allylic oxidation sites excluding steroid dienone is 14. The summed E-state index contributed by atoms with van der Waals surface area (Å²) in [6.07, 6.45) is 63.5. The number of aliphatic hydroxyl groups excluding tert-OH is 2. The molecule has 0 aromatic rings. The molecule has 0 bridgehead atoms. The van der Waals surface area contributed by atoms with Gasteiger partial charge in [0, 0.05) is 6.42 Å². The van der Waals surface area contributed by atoms with Crippen LogP contribution in [0.1, 0.15) is 233 Å². The van der Waals surface area contributed by atoms with Crippen LogP contribution < -0.4 is 5.32 Å². The molecule has 0 heterocycles. The Balaban J connectivity index is 4.68. The van der Waals surface area contributed by atoms with E-state index in [1.54, 1.807) is 0 Å². The fraction of sp³-hybridized carbons (Fsp3) is 0.714. The Hall–Kier alpha value is -2.96. The van der Waals surface area contributed by atoms with Crippen LogP contribution in [0.4, 0.5) is 0 Å². The van der Waals surface area contributed by atoms with E-state index in [4.69, 9.17) is 4.74 Å². The van der Waals surface area contributed by atoms with Gasteiger partial charge in [-0.1, -0.05) is 221 Å². The van der Waals surface area contributed by atoms with E-state index in [1.807, 2.05) is 0 Å². The Bertz CT molecular complexity index is 1200. The molecule has 6 heteroatoms. The maximum atomic E-state index is 13.2. The molecule has 0 aliphatic rings. The number of aliphatic hydroxyl groups is 2. The van der Waals surface area contributed by atoms with E-state index in [-0.39, 0.29) is 24.9 Å². The average Bonchev–Trinajstić information content (AvgIpc) is 3.26. The van der Waals surface area contributed by atoms with Gasteiger partial charge in [0.05, 0.1) is 25.2 Å². The number of rotatable bonds is 45. The molecule has 3 N–H and O–H groups in total. The monoisotopic (exact) mass is 864 g/mol. The Labute approximate surface area is 383 Å². The normalized spacial score (nSPS) is 14.0. The molecule has 0 saturated heterocycles. The topological polar surface area (TPSA) is 95.9 Å². The first-order chi connectivity index (χ1) is 30.5. The van der Waals surface area contributed by atoms with E-state index >= 15 is 0 Å². The molecule has 0 spiro atoms. The van der Waals surface area contributed by atoms with Crippen molar-refractivity contribution in [2.45, 2.75) is 251 Å². The van der Waals surface area contributed by atoms with Gasteiger partial charge >= 0.3 is 5.97 Å². The summed E-state index contributed by atoms with van der Waals surface area (Å²) in [7, 11) is 0. The number of hydrogen-bond donors (Lipinski definition) is 3. The summed E-state index contributed by atoms with van der Waals surface area (Å²) in [6.45, 7) is 6.31. The van der Waals surface area contributed by atoms with E-state index in [0.29, 0.717) is 19.3 Å². The van der Waals surface area contributed by atoms with Gasteiger partial charge in [-0.25, -0.2) is 0 Å². The van der Waals surface area contributed by atoms with Gasteiger partial charge in [0.1, 0.15) is 6.10 Å². The molecule has 356 valence electrons. The zero-order chi connectivity index (χ0) is 45.2. The van der Waals surface area contributed by atoms with Gasteiger partial charge in [-0.05, 0) is 83.5 Å². The standard InChI is InChI=1S/C56H97NO5/c1-4-7-10-13-16-19-22-24-26-27-28-29-31-34-37-40-43-46-49-56(61)62-52(47-44-41-38-35-33-30-25-23-20-17-14-11-8-5-2)50-55(60)57-53(51-58)54(59)48-45-42-39-36-32-21-18-15-12-9-6-3/h8,11,16-17,19-20,22,24-30,52-54,58-59H,4-7,9-10,12-15,18,21,23,31-51H2,1-3H3,(H,57,60)/b11-8+,19-16+,20-17+,24-22+,27-26+,29-28+,30-25+. The van der Waals surface area contributed by atoms with Crippen LogP contribution in [0.25, 0.3) is 0 Å². The van der Waals surface area contributed by atoms with Gasteiger partial charge in [0.25, 0.3) is 0 Å². The largest absolute Gasteiger partial charge is 0.462 e. The highest BCUT2D eigenvalue weighted by atomic mass is 16.5. The molecule has 62 heavy (non-hydrogen) atoms. The van der Waals surface area contributed by atoms with Crippen molar-refractivity contribution in [3.63, 3.8) is 0 Å². The number of carbonyl (C=O) groups is 2. The summed E-state index contributed by atoms with van der Waals surface area (Å²) < 4.78 is 5.92. The molecule has 0 radical (unpaired) electrons. The molecule has 0 aromatic carbocycles. The van der Waals surface area contributed by atoms with Gasteiger partial charge in [0.2, 0.25) is 5.91 Å². The number of hydrogen-bond acceptors (Lipinski definition) is 5. The molecule has 0 fully saturated rings. The third kappa shape index (κ3) is 43.7. The van der Waals surface area contributed by atoms with Crippen molar-refractivity contribution in [1.82, 2.24) is 5.32 Å². The first-order valence-electron chi connectivity index (χ1n) is 25.9. The van der Waals surface area contributed by atoms with E-state index in [2.05, 4.69) is 111 Å². The summed E-state index contributed by atoms with van der Waals surface area (Å²) in [6, 6.07) is -0.718. The molecule has 0 aromatic heterocycles. The third-order valence-electron chi connectivity index (χ3n) is 11.3. The van der Waals surface area contributed by atoms with Gasteiger partial charge in [-0.15, -0.1) is 0 Å². The lowest BCUT2D eigenvalue weighted by Gasteiger charge is -2.24. The summed E-state index contributed by atoms with van der Waals surface area (Å²) in [5, 5.41) is 23.7. The second-order valence-corrected chi connectivity index (χ2v) is 17.3. The predicted molar refractivity (Wildman–Crippen MR) is 268 cm³/mol. The van der Waals surface area contributed by atoms with Crippen LogP contribution in [-0.2, 0) is 14.3 Å². The number of carbonyl (C=O) groups excluding carboxylic acids is 2. The quantitative estimate of drug-likeness (QED) is 0.0245. The highest BCUT2D eigenvalue weighted by Crippen LogP contribution is 2.17. The molecule has 1 amide bonds. The zero-order valence-electron chi connectivity index (χ0n) is 40.5. The summed E-state index contributed by atoms with van der Waals surface area (Å²) >= 11 is 0. The average molecular weight is 864 g/mol. The highest BCUT2D eigenvalue weighted by molar-refractivity contribution is 5.77. The molecule has 3 unspecified atom stereocenters. The Morgan fingerprint density at radius 2 is 0.935 bits per heavy atom. The highest BCUT2D eigenvalue weighted by Gasteiger charge is 2.24. The van der Waals surface area contributed by atoms with E-state index in [1.165, 1.54) is 70.6 Å². The van der Waals surface area contributed by atoms with Crippen LogP contribution in [0.15, 0.2) is 85.1 Å². The molecule has 6 nitrogen and oxygen atoms in total. The van der Waals surface area contributed by atoms with E-state index < -0.39 is 18.2 Å². The van der Waals surface area contributed by atoms with Gasteiger partial charge in [-0.3, -0.25) is 9.59 Å². The number of nitrogens with one attached hydrogen (secondary N) is 1. The van der Waals surface area contributed by atoms with Crippen molar-refractivity contribution in [3.05, 3.63) is 85.1 Å². The number of unbranched alkanes of at least 4 members (excludes halogenated alkanes) is 22. The first kappa shape index (κ1) is 59.0. The lowest BCUT2D eigenvalue weighted by Crippen LogP contribution is -2.46. The lowest BCUT2D eigenvalue weighted by molar-refractivity contribution is -0.151. The van der Waals surface area contributed by atoms with Crippen molar-refractivity contribution >= 4 is 11.9 Å². The minimum absolute atomic E-state index is 0.0487. The predicted octanol–water partition coefficient (Wildman–Crippen LogP) is 15.6. The second kappa shape index (κ2) is 49.1. The van der Waals surface area contributed by atoms with Crippen LogP contribution >= 0.6 is 0 Å². The van der Waals surface area contributed by atoms with Crippen molar-refractivity contribution in [3.8, 4) is 0 Å². The lowest BCUT2D eigenvalue weighted by atomic mass is 10.0. The van der Waals surface area contributed by atoms with Crippen LogP contribution in [0, 0.1) is 0 Å². The smallest absolute Gasteiger partial charge is 0.306 e. The minimum atomic E-state index is -0.802. The van der Waals surface area contributed by atoms with Crippen molar-refractivity contribution in [2.24, 2.45) is 0 Å². The molecule has 0 aliphatic carbocycles. The Kier molecular flexibility index (Phi) is 46.7. The maximum absolute atomic E-state index is 13.2. The van der Waals surface area contributed by atoms with Crippen LogP contribution in [0.2, 0.25) is 0 Å². The molecule has 0 saturated carbocycles. The van der Waals surface area contributed by atoms with Crippen molar-refractivity contribution in [2.75, 3.05) is 6.61 Å². The van der Waals surface area contributed by atoms with Crippen LogP contribution in [0.3, 0.4) is 0 Å². The van der Waals surface area contributed by atoms with E-state index in [9.17, 15) is 19.8 Å². The number of amides is 1. The van der Waals surface area contributed by atoms with Crippen LogP contribution in [-0.4, -0.2) is 46.9 Å². The van der Waals surface area contributed by atoms with Crippen molar-refractivity contribution < 1.29 is 24.5 Å². The van der Waals surface area contributed by atoms with Gasteiger partial charge in [0.15, 0.2) is 0 Å². The zero-order valence-corrected chi connectivity index (χ0v) is 40.5. The summed E-state index contributed by atoms with van der Waals surface area (Å²) in [5.74, 6) is -0.527. The fourth-order valence-electron chi connectivity index (χ4n) is 7.40. The SMILES string of the molecule is CC/C=C/C/C=C/C/C=C/CCCCCCC(CC(=O)NC(CO)C(O)CCCCCCCCCCCCC)OC(=O)CCCCCCC/C=C/C=C/C=C/C=C/CCCCC. The second-order valence-electron chi connectivity index (χ2n) is 17.3. The Morgan fingerprint density at radius 3 is 1.50 bits per heavy atom. The maximum Gasteiger partial charge on any atom is 0.306 e. The Morgan fingerprint density at radius 1 is 0.500 bits per heavy atom. The summed E-state index contributed by atoms with van der Waals surface area (Å²) in [4.78, 5) is 26.1.